The molecule has 13 heteroatoms. The molecule has 0 aliphatic heterocycles. The van der Waals surface area contributed by atoms with Gasteiger partial charge in [-0.2, -0.15) is 0 Å². The third-order valence-electron chi connectivity index (χ3n) is 7.37. The summed E-state index contributed by atoms with van der Waals surface area (Å²) < 4.78 is 0. The molecule has 230 valence electrons. The van der Waals surface area contributed by atoms with Crippen LogP contribution in [0.25, 0.3) is 10.9 Å². The number of carboxylic acid groups (broad SMARTS) is 2. The summed E-state index contributed by atoms with van der Waals surface area (Å²) in [4.78, 5) is 77.9. The number of rotatable bonds is 16. The Morgan fingerprint density at radius 3 is 1.88 bits per heavy atom. The minimum Gasteiger partial charge on any atom is -0.481 e. The highest BCUT2D eigenvalue weighted by Gasteiger charge is 2.35. The molecular weight excluding hydrogens is 546 g/mol. The predicted octanol–water partition coefficient (Wildman–Crippen LogP) is 1.32. The number of carboxylic acids is 2. The van der Waals surface area contributed by atoms with Crippen LogP contribution in [0.1, 0.15) is 59.4 Å². The highest BCUT2D eigenvalue weighted by Crippen LogP contribution is 2.20. The molecular formula is C29H41N5O8. The molecule has 2 rings (SSSR count). The Bertz CT molecular complexity index is 1290. The van der Waals surface area contributed by atoms with Crippen LogP contribution in [0.15, 0.2) is 30.5 Å². The number of H-pyrrole nitrogens is 1. The number of aromatic amines is 1. The maximum absolute atomic E-state index is 13.7. The van der Waals surface area contributed by atoms with Crippen LogP contribution in [0, 0.1) is 11.8 Å². The minimum atomic E-state index is -1.73. The van der Waals surface area contributed by atoms with Gasteiger partial charge in [0.2, 0.25) is 23.6 Å². The number of hydrogen-bond donors (Lipinski definition) is 7. The highest BCUT2D eigenvalue weighted by atomic mass is 16.4. The normalized spacial score (nSPS) is 15.4. The van der Waals surface area contributed by atoms with E-state index < -0.39 is 66.2 Å². The zero-order valence-electron chi connectivity index (χ0n) is 24.5. The minimum absolute atomic E-state index is 0.0520. The van der Waals surface area contributed by atoms with E-state index in [1.54, 1.807) is 26.1 Å². The molecule has 0 saturated heterocycles. The summed E-state index contributed by atoms with van der Waals surface area (Å²) in [5, 5.41) is 29.6. The maximum Gasteiger partial charge on any atom is 0.326 e. The molecule has 0 saturated carbocycles. The molecule has 0 unspecified atom stereocenters. The number of aromatic nitrogens is 1. The Labute approximate surface area is 244 Å². The van der Waals surface area contributed by atoms with Crippen molar-refractivity contribution in [3.05, 3.63) is 36.0 Å². The van der Waals surface area contributed by atoms with Crippen LogP contribution in [0.3, 0.4) is 0 Å². The number of amides is 4. The van der Waals surface area contributed by atoms with E-state index in [0.717, 1.165) is 10.9 Å². The molecule has 6 atom stereocenters. The molecule has 0 radical (unpaired) electrons. The first-order valence-electron chi connectivity index (χ1n) is 14.0. The lowest BCUT2D eigenvalue weighted by Crippen LogP contribution is -2.60. The average Bonchev–Trinajstić information content (AvgIpc) is 3.35. The van der Waals surface area contributed by atoms with Crippen molar-refractivity contribution in [3.63, 3.8) is 0 Å². The standard InChI is InChI=1S/C29H41N5O8/c1-6-15(3)24(31-17(5)35)28(40)34-25(16(4)7-2)27(39)32-21(26(38)33-22(29(41)42)13-23(36)37)12-18-14-30-20-11-9-8-10-19(18)20/h8-11,14-16,21-22,24-25,30H,6-7,12-13H2,1-5H3,(H,31,35)(H,32,39)(H,33,38)(H,34,40)(H,36,37)(H,41,42)/t15-,16-,21-,22-,24-,25-/m0/s1. The van der Waals surface area contributed by atoms with Crippen LogP contribution in [0.5, 0.6) is 0 Å². The van der Waals surface area contributed by atoms with Crippen LogP contribution < -0.4 is 21.3 Å². The zero-order chi connectivity index (χ0) is 31.6. The third-order valence-corrected chi connectivity index (χ3v) is 7.37. The second-order valence-corrected chi connectivity index (χ2v) is 10.6. The number of nitrogens with one attached hydrogen (secondary N) is 5. The Hall–Kier alpha value is -4.42. The number of benzene rings is 1. The third kappa shape index (κ3) is 9.32. The van der Waals surface area contributed by atoms with E-state index in [9.17, 15) is 33.9 Å². The second kappa shape index (κ2) is 15.5. The van der Waals surface area contributed by atoms with Gasteiger partial charge in [-0.25, -0.2) is 4.79 Å². The van der Waals surface area contributed by atoms with Crippen LogP contribution in [-0.2, 0) is 35.2 Å². The number of para-hydroxylation sites is 1. The van der Waals surface area contributed by atoms with Crippen molar-refractivity contribution in [3.8, 4) is 0 Å². The van der Waals surface area contributed by atoms with Gasteiger partial charge in [0, 0.05) is 30.4 Å². The van der Waals surface area contributed by atoms with E-state index in [1.165, 1.54) is 6.92 Å². The van der Waals surface area contributed by atoms with Gasteiger partial charge in [0.15, 0.2) is 0 Å². The lowest BCUT2D eigenvalue weighted by molar-refractivity contribution is -0.147. The maximum atomic E-state index is 13.7. The molecule has 0 aliphatic rings. The fourth-order valence-electron chi connectivity index (χ4n) is 4.50. The zero-order valence-corrected chi connectivity index (χ0v) is 24.5. The van der Waals surface area contributed by atoms with E-state index >= 15 is 0 Å². The van der Waals surface area contributed by atoms with E-state index in [4.69, 9.17) is 5.11 Å². The Kier molecular flexibility index (Phi) is 12.5. The molecule has 0 fully saturated rings. The van der Waals surface area contributed by atoms with Crippen molar-refractivity contribution in [2.45, 2.75) is 84.5 Å². The van der Waals surface area contributed by atoms with Crippen molar-refractivity contribution >= 4 is 46.5 Å². The van der Waals surface area contributed by atoms with Crippen molar-refractivity contribution in [2.75, 3.05) is 0 Å². The van der Waals surface area contributed by atoms with Crippen molar-refractivity contribution in [1.82, 2.24) is 26.3 Å². The van der Waals surface area contributed by atoms with Crippen LogP contribution in [0.4, 0.5) is 0 Å². The molecule has 1 heterocycles. The number of aliphatic carboxylic acids is 2. The van der Waals surface area contributed by atoms with Gasteiger partial charge >= 0.3 is 11.9 Å². The summed E-state index contributed by atoms with van der Waals surface area (Å²) in [5.41, 5.74) is 1.44. The Balaban J connectivity index is 2.39. The largest absolute Gasteiger partial charge is 0.481 e. The first kappa shape index (κ1) is 33.8. The fraction of sp³-hybridized carbons (Fsp3) is 0.517. The van der Waals surface area contributed by atoms with Gasteiger partial charge in [0.25, 0.3) is 0 Å². The van der Waals surface area contributed by atoms with Gasteiger partial charge in [-0.3, -0.25) is 24.0 Å². The number of hydrogen-bond acceptors (Lipinski definition) is 6. The van der Waals surface area contributed by atoms with Crippen molar-refractivity contribution in [2.24, 2.45) is 11.8 Å². The molecule has 1 aromatic carbocycles. The topological polar surface area (TPSA) is 207 Å². The molecule has 2 aromatic rings. The molecule has 0 spiro atoms. The summed E-state index contributed by atoms with van der Waals surface area (Å²) >= 11 is 0. The number of fused-ring (bicyclic) bond motifs is 1. The van der Waals surface area contributed by atoms with E-state index in [0.29, 0.717) is 18.4 Å². The van der Waals surface area contributed by atoms with Crippen LogP contribution >= 0.6 is 0 Å². The van der Waals surface area contributed by atoms with E-state index in [2.05, 4.69) is 26.3 Å². The Morgan fingerprint density at radius 1 is 0.786 bits per heavy atom. The van der Waals surface area contributed by atoms with Gasteiger partial charge in [-0.15, -0.1) is 0 Å². The van der Waals surface area contributed by atoms with Gasteiger partial charge in [-0.05, 0) is 23.5 Å². The molecule has 0 bridgehead atoms. The first-order valence-corrected chi connectivity index (χ1v) is 14.0. The summed E-state index contributed by atoms with van der Waals surface area (Å²) in [7, 11) is 0. The number of carbonyl (C=O) groups is 6. The monoisotopic (exact) mass is 587 g/mol. The number of carbonyl (C=O) groups excluding carboxylic acids is 4. The molecule has 7 N–H and O–H groups in total. The summed E-state index contributed by atoms with van der Waals surface area (Å²) in [6.45, 7) is 8.55. The Morgan fingerprint density at radius 2 is 1.33 bits per heavy atom. The molecule has 4 amide bonds. The average molecular weight is 588 g/mol. The molecule has 0 aliphatic carbocycles. The SMILES string of the molecule is CC[C@H](C)[C@H](NC(C)=O)C(=O)N[C@H](C(=O)N[C@@H](Cc1c[nH]c2ccccc12)C(=O)N[C@@H](CC(=O)O)C(=O)O)[C@@H](C)CC. The second-order valence-electron chi connectivity index (χ2n) is 10.6. The molecule has 42 heavy (non-hydrogen) atoms. The first-order chi connectivity index (χ1) is 19.8. The van der Waals surface area contributed by atoms with Crippen molar-refractivity contribution < 1.29 is 39.0 Å². The van der Waals surface area contributed by atoms with Gasteiger partial charge < -0.3 is 36.5 Å². The van der Waals surface area contributed by atoms with Gasteiger partial charge in [0.1, 0.15) is 24.2 Å². The van der Waals surface area contributed by atoms with Gasteiger partial charge in [-0.1, -0.05) is 58.7 Å². The highest BCUT2D eigenvalue weighted by molar-refractivity contribution is 5.96. The lowest BCUT2D eigenvalue weighted by Gasteiger charge is -2.30. The van der Waals surface area contributed by atoms with Crippen LogP contribution in [0.2, 0.25) is 0 Å². The predicted molar refractivity (Wildman–Crippen MR) is 154 cm³/mol. The summed E-state index contributed by atoms with van der Waals surface area (Å²) in [6.07, 6.45) is 1.84. The fourth-order valence-corrected chi connectivity index (χ4v) is 4.50. The van der Waals surface area contributed by atoms with E-state index in [-0.39, 0.29) is 18.3 Å². The summed E-state index contributed by atoms with van der Waals surface area (Å²) in [5.74, 6) is -6.09. The molecule has 13 nitrogen and oxygen atoms in total. The smallest absolute Gasteiger partial charge is 0.326 e. The lowest BCUT2D eigenvalue weighted by atomic mass is 9.94. The van der Waals surface area contributed by atoms with Crippen LogP contribution in [-0.4, -0.2) is 74.9 Å². The van der Waals surface area contributed by atoms with Crippen molar-refractivity contribution in [1.29, 1.82) is 0 Å². The van der Waals surface area contributed by atoms with E-state index in [1.807, 2.05) is 32.0 Å². The quantitative estimate of drug-likeness (QED) is 0.152. The molecule has 1 aromatic heterocycles. The van der Waals surface area contributed by atoms with Gasteiger partial charge in [0.05, 0.1) is 6.42 Å². The summed E-state index contributed by atoms with van der Waals surface area (Å²) in [6, 6.07) is 2.27.